The highest BCUT2D eigenvalue weighted by Gasteiger charge is 2.20. The quantitative estimate of drug-likeness (QED) is 0.897. The number of H-pyrrole nitrogens is 1. The molecule has 5 heteroatoms. The molecule has 2 aliphatic rings. The van der Waals surface area contributed by atoms with Crippen LogP contribution in [0, 0.1) is 0 Å². The van der Waals surface area contributed by atoms with Gasteiger partial charge in [-0.15, -0.1) is 11.3 Å². The molecule has 0 atom stereocenters. The van der Waals surface area contributed by atoms with Crippen LogP contribution in [-0.4, -0.2) is 16.0 Å². The molecule has 3 N–H and O–H groups in total. The number of nitrogens with two attached hydrogens (primary N) is 1. The van der Waals surface area contributed by atoms with Gasteiger partial charge in [0.1, 0.15) is 11.4 Å². The van der Waals surface area contributed by atoms with Gasteiger partial charge in [-0.05, 0) is 56.9 Å². The van der Waals surface area contributed by atoms with Crippen molar-refractivity contribution in [3.05, 3.63) is 26.6 Å². The number of fused-ring (bicyclic) bond motifs is 3. The molecule has 0 amide bonds. The molecule has 2 aromatic heterocycles. The van der Waals surface area contributed by atoms with E-state index in [0.717, 1.165) is 35.4 Å². The third kappa shape index (κ3) is 3.42. The van der Waals surface area contributed by atoms with Gasteiger partial charge in [0.05, 0.1) is 11.4 Å². The second kappa shape index (κ2) is 7.36. The minimum atomic E-state index is 0.0838. The van der Waals surface area contributed by atoms with Gasteiger partial charge in [-0.3, -0.25) is 4.79 Å². The van der Waals surface area contributed by atoms with Gasteiger partial charge in [0.15, 0.2) is 5.82 Å². The van der Waals surface area contributed by atoms with E-state index in [1.807, 2.05) is 0 Å². The highest BCUT2D eigenvalue weighted by molar-refractivity contribution is 7.18. The molecule has 0 spiro atoms. The van der Waals surface area contributed by atoms with Crippen LogP contribution in [0.25, 0.3) is 10.2 Å². The first-order valence-corrected chi connectivity index (χ1v) is 10.5. The number of aromatic nitrogens is 2. The standard InChI is InChI=1S/C19H27N3OS/c23-18-17-14-10-6-7-11-15(14)24-19(17)22-16(21-18)12-20-13-8-4-2-1-3-5-9-13/h13,20H,1-12H2,(H,21,22,23)/p+1. The van der Waals surface area contributed by atoms with E-state index in [1.54, 1.807) is 11.3 Å². The second-order valence-corrected chi connectivity index (χ2v) is 8.53. The van der Waals surface area contributed by atoms with E-state index >= 15 is 0 Å². The molecule has 1 fully saturated rings. The number of aromatic amines is 1. The molecule has 4 nitrogen and oxygen atoms in total. The van der Waals surface area contributed by atoms with E-state index in [9.17, 15) is 4.79 Å². The van der Waals surface area contributed by atoms with Crippen molar-refractivity contribution in [1.29, 1.82) is 0 Å². The van der Waals surface area contributed by atoms with Crippen molar-refractivity contribution >= 4 is 21.6 Å². The molecule has 0 saturated heterocycles. The normalized spacial score (nSPS) is 19.8. The average Bonchev–Trinajstić information content (AvgIpc) is 2.92. The van der Waals surface area contributed by atoms with Crippen LogP contribution in [0.4, 0.5) is 0 Å². The molecular formula is C19H28N3OS+. The SMILES string of the molecule is O=c1[nH]c(C[NH2+]C2CCCCCCC2)nc2sc3c(c12)CCCC3. The largest absolute Gasteiger partial charge is 0.338 e. The first-order chi connectivity index (χ1) is 11.8. The Kier molecular flexibility index (Phi) is 4.99. The van der Waals surface area contributed by atoms with Gasteiger partial charge in [0, 0.05) is 4.88 Å². The molecule has 0 aromatic carbocycles. The number of hydrogen-bond donors (Lipinski definition) is 2. The van der Waals surface area contributed by atoms with Crippen molar-refractivity contribution in [2.24, 2.45) is 0 Å². The van der Waals surface area contributed by atoms with Crippen molar-refractivity contribution in [2.75, 3.05) is 0 Å². The van der Waals surface area contributed by atoms with Crippen LogP contribution in [0.15, 0.2) is 4.79 Å². The predicted molar refractivity (Wildman–Crippen MR) is 98.6 cm³/mol. The summed E-state index contributed by atoms with van der Waals surface area (Å²) in [5.74, 6) is 0.855. The summed E-state index contributed by atoms with van der Waals surface area (Å²) in [4.78, 5) is 22.8. The van der Waals surface area contributed by atoms with Gasteiger partial charge in [-0.25, -0.2) is 4.98 Å². The van der Waals surface area contributed by atoms with Crippen molar-refractivity contribution in [1.82, 2.24) is 9.97 Å². The zero-order valence-electron chi connectivity index (χ0n) is 14.4. The average molecular weight is 347 g/mol. The van der Waals surface area contributed by atoms with Crippen LogP contribution in [0.5, 0.6) is 0 Å². The molecule has 4 rings (SSSR count). The van der Waals surface area contributed by atoms with E-state index < -0.39 is 0 Å². The fourth-order valence-corrected chi connectivity index (χ4v) is 5.59. The Morgan fingerprint density at radius 1 is 1.04 bits per heavy atom. The van der Waals surface area contributed by atoms with Crippen molar-refractivity contribution in [3.8, 4) is 0 Å². The number of thiophene rings is 1. The van der Waals surface area contributed by atoms with E-state index in [1.165, 1.54) is 68.2 Å². The molecule has 1 saturated carbocycles. The van der Waals surface area contributed by atoms with Crippen LogP contribution in [0.3, 0.4) is 0 Å². The van der Waals surface area contributed by atoms with Gasteiger partial charge >= 0.3 is 0 Å². The predicted octanol–water partition coefficient (Wildman–Crippen LogP) is 3.04. The Morgan fingerprint density at radius 3 is 2.62 bits per heavy atom. The van der Waals surface area contributed by atoms with Crippen LogP contribution in [0.2, 0.25) is 0 Å². The third-order valence-electron chi connectivity index (χ3n) is 5.67. The van der Waals surface area contributed by atoms with Gasteiger partial charge in [0.25, 0.3) is 5.56 Å². The monoisotopic (exact) mass is 346 g/mol. The zero-order chi connectivity index (χ0) is 16.4. The Hall–Kier alpha value is -1.20. The lowest BCUT2D eigenvalue weighted by Gasteiger charge is -2.17. The molecule has 2 aromatic rings. The topological polar surface area (TPSA) is 62.4 Å². The highest BCUT2D eigenvalue weighted by atomic mass is 32.1. The lowest BCUT2D eigenvalue weighted by molar-refractivity contribution is -0.706. The molecule has 2 aliphatic carbocycles. The maximum Gasteiger partial charge on any atom is 0.260 e. The maximum absolute atomic E-state index is 12.6. The molecular weight excluding hydrogens is 318 g/mol. The highest BCUT2D eigenvalue weighted by Crippen LogP contribution is 2.33. The summed E-state index contributed by atoms with van der Waals surface area (Å²) < 4.78 is 0. The summed E-state index contributed by atoms with van der Waals surface area (Å²) >= 11 is 1.75. The van der Waals surface area contributed by atoms with Crippen LogP contribution >= 0.6 is 11.3 Å². The molecule has 2 heterocycles. The summed E-state index contributed by atoms with van der Waals surface area (Å²) in [7, 11) is 0. The molecule has 0 bridgehead atoms. The first-order valence-electron chi connectivity index (χ1n) is 9.68. The molecule has 24 heavy (non-hydrogen) atoms. The minimum Gasteiger partial charge on any atom is -0.338 e. The van der Waals surface area contributed by atoms with Gasteiger partial charge in [0.2, 0.25) is 0 Å². The van der Waals surface area contributed by atoms with Crippen LogP contribution in [0.1, 0.15) is 74.1 Å². The molecule has 0 unspecified atom stereocenters. The lowest BCUT2D eigenvalue weighted by atomic mass is 9.97. The minimum absolute atomic E-state index is 0.0838. The van der Waals surface area contributed by atoms with Gasteiger partial charge < -0.3 is 10.3 Å². The van der Waals surface area contributed by atoms with E-state index in [2.05, 4.69) is 10.3 Å². The zero-order valence-corrected chi connectivity index (χ0v) is 15.2. The van der Waals surface area contributed by atoms with Gasteiger partial charge in [-0.2, -0.15) is 0 Å². The molecule has 0 radical (unpaired) electrons. The van der Waals surface area contributed by atoms with E-state index in [0.29, 0.717) is 6.04 Å². The van der Waals surface area contributed by atoms with Crippen molar-refractivity contribution < 1.29 is 5.32 Å². The summed E-state index contributed by atoms with van der Waals surface area (Å²) in [6, 6.07) is 0.697. The van der Waals surface area contributed by atoms with Crippen molar-refractivity contribution in [3.63, 3.8) is 0 Å². The number of hydrogen-bond acceptors (Lipinski definition) is 3. The van der Waals surface area contributed by atoms with Crippen LogP contribution < -0.4 is 10.9 Å². The fraction of sp³-hybridized carbons (Fsp3) is 0.684. The Morgan fingerprint density at radius 2 is 1.79 bits per heavy atom. The fourth-order valence-electron chi connectivity index (χ4n) is 4.31. The Labute approximate surface area is 147 Å². The summed E-state index contributed by atoms with van der Waals surface area (Å²) in [6.07, 6.45) is 14.1. The van der Waals surface area contributed by atoms with Crippen LogP contribution in [-0.2, 0) is 19.4 Å². The summed E-state index contributed by atoms with van der Waals surface area (Å²) in [6.45, 7) is 0.804. The third-order valence-corrected chi connectivity index (χ3v) is 6.85. The Bertz CT molecular complexity index is 756. The number of nitrogens with one attached hydrogen (secondary N) is 1. The second-order valence-electron chi connectivity index (χ2n) is 7.45. The van der Waals surface area contributed by atoms with Gasteiger partial charge in [-0.1, -0.05) is 19.3 Å². The number of rotatable bonds is 3. The summed E-state index contributed by atoms with van der Waals surface area (Å²) in [5.41, 5.74) is 1.37. The lowest BCUT2D eigenvalue weighted by Crippen LogP contribution is -2.88. The number of quaternary nitrogens is 1. The maximum atomic E-state index is 12.6. The van der Waals surface area contributed by atoms with E-state index in [-0.39, 0.29) is 5.56 Å². The van der Waals surface area contributed by atoms with Crippen molar-refractivity contribution in [2.45, 2.75) is 83.2 Å². The first kappa shape index (κ1) is 16.3. The summed E-state index contributed by atoms with van der Waals surface area (Å²) in [5, 5.41) is 3.28. The Balaban J connectivity index is 1.51. The number of aryl methyl sites for hydroxylation is 2. The molecule has 0 aliphatic heterocycles. The number of nitrogens with zero attached hydrogens (tertiary/aromatic N) is 1. The molecule has 130 valence electrons. The smallest absolute Gasteiger partial charge is 0.260 e. The van der Waals surface area contributed by atoms with E-state index in [4.69, 9.17) is 4.98 Å².